The molecule has 2 aliphatic carbocycles. The molecule has 134 valence electrons. The van der Waals surface area contributed by atoms with Gasteiger partial charge in [0.25, 0.3) is 0 Å². The van der Waals surface area contributed by atoms with Crippen LogP contribution in [0.2, 0.25) is 0 Å². The van der Waals surface area contributed by atoms with Crippen LogP contribution in [0.5, 0.6) is 5.75 Å². The first kappa shape index (κ1) is 16.8. The number of aryl methyl sites for hydroxylation is 1. The highest BCUT2D eigenvalue weighted by atomic mass is 32.2. The Morgan fingerprint density at radius 3 is 3.00 bits per heavy atom. The van der Waals surface area contributed by atoms with Crippen molar-refractivity contribution in [1.82, 2.24) is 5.32 Å². The van der Waals surface area contributed by atoms with Crippen LogP contribution in [0, 0.1) is 24.7 Å². The van der Waals surface area contributed by atoms with E-state index in [1.807, 2.05) is 25.1 Å². The summed E-state index contributed by atoms with van der Waals surface area (Å²) < 4.78 is 17.5. The summed E-state index contributed by atoms with van der Waals surface area (Å²) in [5.74, 6) is 1.64. The molecule has 3 aliphatic rings. The average Bonchev–Trinajstić information content (AvgIpc) is 3.20. The number of amides is 1. The zero-order valence-corrected chi connectivity index (χ0v) is 15.4. The highest BCUT2D eigenvalue weighted by molar-refractivity contribution is 7.84. The minimum atomic E-state index is -0.907. The number of ketones is 1. The number of ether oxygens (including phenoxy) is 1. The Labute approximate surface area is 150 Å². The molecule has 2 saturated carbocycles. The van der Waals surface area contributed by atoms with Gasteiger partial charge < -0.3 is 10.1 Å². The van der Waals surface area contributed by atoms with Crippen molar-refractivity contribution in [1.29, 1.82) is 0 Å². The Balaban J connectivity index is 1.49. The molecular formula is C19H23NO4S. The van der Waals surface area contributed by atoms with Gasteiger partial charge in [-0.25, -0.2) is 0 Å². The van der Waals surface area contributed by atoms with Gasteiger partial charge in [0.2, 0.25) is 5.91 Å². The number of hydrogen-bond acceptors (Lipinski definition) is 4. The molecule has 4 rings (SSSR count). The van der Waals surface area contributed by atoms with E-state index in [2.05, 4.69) is 5.32 Å². The highest BCUT2D eigenvalue weighted by Crippen LogP contribution is 2.65. The number of rotatable bonds is 4. The van der Waals surface area contributed by atoms with Crippen LogP contribution in [0.15, 0.2) is 18.2 Å². The minimum Gasteiger partial charge on any atom is -0.486 e. The first-order chi connectivity index (χ1) is 11.9. The number of Topliss-reactive ketones (excluding diaryl/α,β-unsaturated/α-hetero) is 1. The average molecular weight is 361 g/mol. The van der Waals surface area contributed by atoms with Crippen LogP contribution in [0.1, 0.15) is 35.2 Å². The van der Waals surface area contributed by atoms with E-state index in [0.717, 1.165) is 18.4 Å². The summed E-state index contributed by atoms with van der Waals surface area (Å²) in [4.78, 5) is 25.1. The van der Waals surface area contributed by atoms with Crippen LogP contribution >= 0.6 is 0 Å². The van der Waals surface area contributed by atoms with Gasteiger partial charge in [-0.15, -0.1) is 0 Å². The fourth-order valence-electron chi connectivity index (χ4n) is 4.72. The van der Waals surface area contributed by atoms with Crippen molar-refractivity contribution in [3.05, 3.63) is 29.3 Å². The van der Waals surface area contributed by atoms with E-state index < -0.39 is 16.4 Å². The Hall–Kier alpha value is -1.69. The van der Waals surface area contributed by atoms with Gasteiger partial charge in [-0.3, -0.25) is 13.8 Å². The third-order valence-electron chi connectivity index (χ3n) is 5.88. The summed E-state index contributed by atoms with van der Waals surface area (Å²) >= 11 is 0. The van der Waals surface area contributed by atoms with E-state index >= 15 is 0 Å². The molecule has 5 nitrogen and oxygen atoms in total. The van der Waals surface area contributed by atoms with Gasteiger partial charge in [-0.05, 0) is 37.8 Å². The summed E-state index contributed by atoms with van der Waals surface area (Å²) in [6.45, 7) is 2.40. The highest BCUT2D eigenvalue weighted by Gasteiger charge is 2.70. The van der Waals surface area contributed by atoms with Crippen LogP contribution < -0.4 is 10.1 Å². The van der Waals surface area contributed by atoms with Gasteiger partial charge in [-0.1, -0.05) is 11.6 Å². The van der Waals surface area contributed by atoms with Gasteiger partial charge in [0.1, 0.15) is 11.4 Å². The Bertz CT molecular complexity index is 777. The maximum absolute atomic E-state index is 12.7. The molecule has 2 fully saturated rings. The van der Waals surface area contributed by atoms with Crippen molar-refractivity contribution < 1.29 is 18.5 Å². The first-order valence-corrected chi connectivity index (χ1v) is 10.5. The summed E-state index contributed by atoms with van der Waals surface area (Å²) in [6.07, 6.45) is 3.77. The van der Waals surface area contributed by atoms with Crippen molar-refractivity contribution in [3.63, 3.8) is 0 Å². The van der Waals surface area contributed by atoms with Crippen LogP contribution in [0.4, 0.5) is 0 Å². The maximum atomic E-state index is 12.7. The largest absolute Gasteiger partial charge is 0.486 e. The second-order valence-electron chi connectivity index (χ2n) is 7.59. The number of benzene rings is 1. The predicted molar refractivity (Wildman–Crippen MR) is 95.1 cm³/mol. The lowest BCUT2D eigenvalue weighted by Crippen LogP contribution is -2.44. The van der Waals surface area contributed by atoms with Crippen LogP contribution in [0.3, 0.4) is 0 Å². The molecule has 1 aromatic rings. The van der Waals surface area contributed by atoms with Crippen LogP contribution in [0.25, 0.3) is 0 Å². The van der Waals surface area contributed by atoms with E-state index in [4.69, 9.17) is 4.74 Å². The monoisotopic (exact) mass is 361 g/mol. The summed E-state index contributed by atoms with van der Waals surface area (Å²) in [5.41, 5.74) is 1.20. The molecule has 1 aliphatic heterocycles. The molecule has 0 bridgehead atoms. The fraction of sp³-hybridized carbons (Fsp3) is 0.579. The Morgan fingerprint density at radius 1 is 1.44 bits per heavy atom. The molecule has 1 N–H and O–H groups in total. The third kappa shape index (κ3) is 2.80. The van der Waals surface area contributed by atoms with E-state index in [9.17, 15) is 13.8 Å². The lowest BCUT2D eigenvalue weighted by atomic mass is 9.84. The van der Waals surface area contributed by atoms with Crippen molar-refractivity contribution in [2.75, 3.05) is 18.6 Å². The predicted octanol–water partition coefficient (Wildman–Crippen LogP) is 1.85. The van der Waals surface area contributed by atoms with Gasteiger partial charge >= 0.3 is 0 Å². The maximum Gasteiger partial charge on any atom is 0.223 e. The number of fused-ring (bicyclic) bond motifs is 3. The summed E-state index contributed by atoms with van der Waals surface area (Å²) in [7, 11) is -0.907. The Kier molecular flexibility index (Phi) is 3.98. The summed E-state index contributed by atoms with van der Waals surface area (Å²) in [6, 6.07) is 5.73. The molecule has 6 heteroatoms. The SMILES string of the molecule is Cc1ccc2c(c1)C(=O)C[C@]1(CC[C@@H]3[C@H](C(=O)NCC[S@@](C)=O)[C@H]31)O2. The standard InChI is InChI=1S/C19H23NO4S/c1-11-3-4-15-13(9-11)14(21)10-19(24-15)6-5-12-16(17(12)19)18(22)20-7-8-25(2)23/h3-4,9,12,16-17H,5-8,10H2,1-2H3,(H,20,22)/t12-,16+,17+,19+,25-/m1/s1. The molecule has 1 amide bonds. The number of carbonyl (C=O) groups is 2. The third-order valence-corrected chi connectivity index (χ3v) is 6.66. The zero-order valence-electron chi connectivity index (χ0n) is 14.5. The molecule has 1 spiro atoms. The van der Waals surface area contributed by atoms with E-state index in [1.54, 1.807) is 6.26 Å². The quantitative estimate of drug-likeness (QED) is 0.888. The molecule has 1 aromatic carbocycles. The van der Waals surface area contributed by atoms with Crippen molar-refractivity contribution >= 4 is 22.5 Å². The smallest absolute Gasteiger partial charge is 0.223 e. The van der Waals surface area contributed by atoms with Crippen molar-refractivity contribution in [3.8, 4) is 5.75 Å². The van der Waals surface area contributed by atoms with Gasteiger partial charge in [0.05, 0.1) is 12.0 Å². The van der Waals surface area contributed by atoms with Crippen LogP contribution in [-0.2, 0) is 15.6 Å². The molecule has 0 radical (unpaired) electrons. The van der Waals surface area contributed by atoms with Crippen LogP contribution in [-0.4, -0.2) is 40.1 Å². The summed E-state index contributed by atoms with van der Waals surface area (Å²) in [5, 5.41) is 2.89. The number of hydrogen-bond donors (Lipinski definition) is 1. The van der Waals surface area contributed by atoms with Crippen molar-refractivity contribution in [2.24, 2.45) is 17.8 Å². The second-order valence-corrected chi connectivity index (χ2v) is 9.14. The second kappa shape index (κ2) is 5.94. The molecule has 5 atom stereocenters. The van der Waals surface area contributed by atoms with Gasteiger partial charge in [0.15, 0.2) is 5.78 Å². The lowest BCUT2D eigenvalue weighted by molar-refractivity contribution is -0.124. The first-order valence-electron chi connectivity index (χ1n) is 8.82. The van der Waals surface area contributed by atoms with Gasteiger partial charge in [-0.2, -0.15) is 0 Å². The van der Waals surface area contributed by atoms with Crippen molar-refractivity contribution in [2.45, 2.75) is 31.8 Å². The zero-order chi connectivity index (χ0) is 17.8. The van der Waals surface area contributed by atoms with E-state index in [1.165, 1.54) is 0 Å². The number of carbonyl (C=O) groups excluding carboxylic acids is 2. The molecule has 0 unspecified atom stereocenters. The van der Waals surface area contributed by atoms with E-state index in [0.29, 0.717) is 35.9 Å². The Morgan fingerprint density at radius 2 is 2.24 bits per heavy atom. The molecule has 1 heterocycles. The molecule has 25 heavy (non-hydrogen) atoms. The van der Waals surface area contributed by atoms with E-state index in [-0.39, 0.29) is 23.5 Å². The molecule has 0 saturated heterocycles. The lowest BCUT2D eigenvalue weighted by Gasteiger charge is -2.37. The minimum absolute atomic E-state index is 0.0188. The topological polar surface area (TPSA) is 72.5 Å². The molecule has 0 aromatic heterocycles. The molecular weight excluding hydrogens is 338 g/mol. The van der Waals surface area contributed by atoms with Gasteiger partial charge in [0, 0.05) is 41.2 Å². The number of nitrogens with one attached hydrogen (secondary N) is 1. The fourth-order valence-corrected chi connectivity index (χ4v) is 5.11. The normalized spacial score (nSPS) is 33.4.